The highest BCUT2D eigenvalue weighted by molar-refractivity contribution is 5.94. The van der Waals surface area contributed by atoms with Gasteiger partial charge in [0, 0.05) is 13.1 Å². The van der Waals surface area contributed by atoms with Crippen LogP contribution in [0, 0.1) is 0 Å². The van der Waals surface area contributed by atoms with E-state index >= 15 is 0 Å². The number of nitrogens with two attached hydrogens (primary N) is 1. The quantitative estimate of drug-likeness (QED) is 0.732. The van der Waals surface area contributed by atoms with Crippen LogP contribution >= 0.6 is 0 Å². The molecule has 0 aliphatic carbocycles. The fraction of sp³-hybridized carbons (Fsp3) is 0.786. The third-order valence-electron chi connectivity index (χ3n) is 5.00. The Hall–Kier alpha value is -1.63. The highest BCUT2D eigenvalue weighted by Crippen LogP contribution is 2.40. The first-order valence-corrected chi connectivity index (χ1v) is 7.51. The Bertz CT molecular complexity index is 504. The van der Waals surface area contributed by atoms with Gasteiger partial charge in [-0.1, -0.05) is 0 Å². The Kier molecular flexibility index (Phi) is 3.20. The van der Waals surface area contributed by atoms with Gasteiger partial charge < -0.3 is 15.5 Å². The second-order valence-corrected chi connectivity index (χ2v) is 6.58. The second-order valence-electron chi connectivity index (χ2n) is 6.58. The van der Waals surface area contributed by atoms with Crippen molar-refractivity contribution in [1.29, 1.82) is 0 Å². The van der Waals surface area contributed by atoms with Crippen LogP contribution in [-0.2, 0) is 14.4 Å². The van der Waals surface area contributed by atoms with Crippen molar-refractivity contribution in [3.05, 3.63) is 0 Å². The molecule has 0 aromatic carbocycles. The molecular formula is C14H22N4O3. The number of primary amides is 1. The fourth-order valence-electron chi connectivity index (χ4n) is 4.09. The highest BCUT2D eigenvalue weighted by atomic mass is 16.2. The SMILES string of the molecule is CC1(C)N2CCCC2C(=O)N1C1CCN(CC(N)=O)C1=O. The van der Waals surface area contributed by atoms with Gasteiger partial charge in [0.05, 0.1) is 18.2 Å². The van der Waals surface area contributed by atoms with Crippen molar-refractivity contribution in [3.63, 3.8) is 0 Å². The van der Waals surface area contributed by atoms with Crippen LogP contribution in [-0.4, -0.2) is 69.8 Å². The monoisotopic (exact) mass is 294 g/mol. The van der Waals surface area contributed by atoms with E-state index < -0.39 is 17.6 Å². The maximum atomic E-state index is 12.7. The Balaban J connectivity index is 1.82. The molecule has 7 nitrogen and oxygen atoms in total. The van der Waals surface area contributed by atoms with Crippen LogP contribution in [0.4, 0.5) is 0 Å². The molecule has 0 spiro atoms. The average molecular weight is 294 g/mol. The van der Waals surface area contributed by atoms with E-state index in [4.69, 9.17) is 5.73 Å². The molecular weight excluding hydrogens is 272 g/mol. The number of carbonyl (C=O) groups excluding carboxylic acids is 3. The molecule has 2 atom stereocenters. The van der Waals surface area contributed by atoms with E-state index in [9.17, 15) is 14.4 Å². The van der Waals surface area contributed by atoms with E-state index in [1.165, 1.54) is 4.90 Å². The summed E-state index contributed by atoms with van der Waals surface area (Å²) in [6.45, 7) is 5.31. The summed E-state index contributed by atoms with van der Waals surface area (Å²) in [5.41, 5.74) is 4.72. The van der Waals surface area contributed by atoms with E-state index in [1.807, 2.05) is 13.8 Å². The van der Waals surface area contributed by atoms with Crippen LogP contribution < -0.4 is 5.73 Å². The first-order chi connectivity index (χ1) is 9.84. The van der Waals surface area contributed by atoms with E-state index in [0.717, 1.165) is 19.4 Å². The summed E-state index contributed by atoms with van der Waals surface area (Å²) in [6.07, 6.45) is 2.46. The molecule has 3 fully saturated rings. The van der Waals surface area contributed by atoms with Crippen molar-refractivity contribution in [2.45, 2.75) is 50.9 Å². The van der Waals surface area contributed by atoms with Crippen molar-refractivity contribution in [2.75, 3.05) is 19.6 Å². The molecule has 0 aromatic rings. The van der Waals surface area contributed by atoms with E-state index in [-0.39, 0.29) is 24.4 Å². The molecule has 3 saturated heterocycles. The molecule has 3 amide bonds. The summed E-state index contributed by atoms with van der Waals surface area (Å²) >= 11 is 0. The summed E-state index contributed by atoms with van der Waals surface area (Å²) in [5.74, 6) is -0.621. The predicted molar refractivity (Wildman–Crippen MR) is 74.8 cm³/mol. The van der Waals surface area contributed by atoms with Gasteiger partial charge in [0.25, 0.3) is 0 Å². The third-order valence-corrected chi connectivity index (χ3v) is 5.00. The molecule has 116 valence electrons. The smallest absolute Gasteiger partial charge is 0.245 e. The Labute approximate surface area is 124 Å². The molecule has 3 rings (SSSR count). The van der Waals surface area contributed by atoms with Crippen molar-refractivity contribution < 1.29 is 14.4 Å². The van der Waals surface area contributed by atoms with Crippen molar-refractivity contribution in [3.8, 4) is 0 Å². The second kappa shape index (κ2) is 4.69. The van der Waals surface area contributed by atoms with Gasteiger partial charge >= 0.3 is 0 Å². The zero-order chi connectivity index (χ0) is 15.4. The van der Waals surface area contributed by atoms with Gasteiger partial charge in [0.15, 0.2) is 0 Å². The van der Waals surface area contributed by atoms with Crippen LogP contribution in [0.3, 0.4) is 0 Å². The van der Waals surface area contributed by atoms with E-state index in [0.29, 0.717) is 13.0 Å². The summed E-state index contributed by atoms with van der Waals surface area (Å²) in [7, 11) is 0. The zero-order valence-electron chi connectivity index (χ0n) is 12.5. The molecule has 3 heterocycles. The molecule has 0 bridgehead atoms. The number of amides is 3. The molecule has 3 aliphatic heterocycles. The summed E-state index contributed by atoms with van der Waals surface area (Å²) in [4.78, 5) is 41.6. The summed E-state index contributed by atoms with van der Waals surface area (Å²) in [5, 5.41) is 0. The molecule has 7 heteroatoms. The van der Waals surface area contributed by atoms with Gasteiger partial charge in [0.2, 0.25) is 17.7 Å². The number of hydrogen-bond donors (Lipinski definition) is 1. The molecule has 0 radical (unpaired) electrons. The van der Waals surface area contributed by atoms with Gasteiger partial charge in [-0.05, 0) is 33.1 Å². The van der Waals surface area contributed by atoms with Crippen LogP contribution in [0.25, 0.3) is 0 Å². The van der Waals surface area contributed by atoms with Gasteiger partial charge in [-0.3, -0.25) is 19.3 Å². The minimum atomic E-state index is -0.517. The third kappa shape index (κ3) is 2.02. The first kappa shape index (κ1) is 14.3. The number of likely N-dealkylation sites (tertiary alicyclic amines) is 1. The van der Waals surface area contributed by atoms with E-state index in [2.05, 4.69) is 4.90 Å². The lowest BCUT2D eigenvalue weighted by molar-refractivity contribution is -0.145. The van der Waals surface area contributed by atoms with Gasteiger partial charge in [0.1, 0.15) is 6.04 Å². The van der Waals surface area contributed by atoms with Gasteiger partial charge in [-0.2, -0.15) is 0 Å². The highest BCUT2D eigenvalue weighted by Gasteiger charge is 2.57. The zero-order valence-corrected chi connectivity index (χ0v) is 12.5. The van der Waals surface area contributed by atoms with Crippen LogP contribution in [0.5, 0.6) is 0 Å². The fourth-order valence-corrected chi connectivity index (χ4v) is 4.09. The number of nitrogens with zero attached hydrogens (tertiary/aromatic N) is 3. The van der Waals surface area contributed by atoms with Crippen molar-refractivity contribution >= 4 is 17.7 Å². The number of fused-ring (bicyclic) bond motifs is 1. The van der Waals surface area contributed by atoms with Crippen molar-refractivity contribution in [2.24, 2.45) is 5.73 Å². The molecule has 2 unspecified atom stereocenters. The Morgan fingerprint density at radius 2 is 1.90 bits per heavy atom. The first-order valence-electron chi connectivity index (χ1n) is 7.51. The minimum Gasteiger partial charge on any atom is -0.368 e. The number of carbonyl (C=O) groups is 3. The average Bonchev–Trinajstić information content (AvgIpc) is 3.03. The standard InChI is InChI=1S/C14H22N4O3/c1-14(2)17-6-3-4-9(17)13(21)18(14)10-5-7-16(12(10)20)8-11(15)19/h9-10H,3-8H2,1-2H3,(H2,15,19). The number of hydrogen-bond acceptors (Lipinski definition) is 4. The van der Waals surface area contributed by atoms with Crippen LogP contribution in [0.15, 0.2) is 0 Å². The lowest BCUT2D eigenvalue weighted by atomic mass is 10.1. The predicted octanol–water partition coefficient (Wildman–Crippen LogP) is -0.885. The lowest BCUT2D eigenvalue weighted by Gasteiger charge is -2.39. The number of rotatable bonds is 3. The van der Waals surface area contributed by atoms with Crippen LogP contribution in [0.1, 0.15) is 33.1 Å². The van der Waals surface area contributed by atoms with Gasteiger partial charge in [-0.15, -0.1) is 0 Å². The molecule has 0 saturated carbocycles. The molecule has 21 heavy (non-hydrogen) atoms. The van der Waals surface area contributed by atoms with E-state index in [1.54, 1.807) is 4.90 Å². The Morgan fingerprint density at radius 1 is 1.19 bits per heavy atom. The topological polar surface area (TPSA) is 86.9 Å². The van der Waals surface area contributed by atoms with Gasteiger partial charge in [-0.25, -0.2) is 0 Å². The molecule has 2 N–H and O–H groups in total. The minimum absolute atomic E-state index is 0.0526. The lowest BCUT2D eigenvalue weighted by Crippen LogP contribution is -2.55. The maximum Gasteiger partial charge on any atom is 0.245 e. The molecule has 3 aliphatic rings. The summed E-state index contributed by atoms with van der Waals surface area (Å²) in [6, 6.07) is -0.546. The normalized spacial score (nSPS) is 32.1. The molecule has 0 aromatic heterocycles. The maximum absolute atomic E-state index is 12.7. The van der Waals surface area contributed by atoms with Crippen LogP contribution in [0.2, 0.25) is 0 Å². The Morgan fingerprint density at radius 3 is 2.52 bits per heavy atom. The summed E-state index contributed by atoms with van der Waals surface area (Å²) < 4.78 is 0. The largest absolute Gasteiger partial charge is 0.368 e. The van der Waals surface area contributed by atoms with Crippen molar-refractivity contribution in [1.82, 2.24) is 14.7 Å².